The van der Waals surface area contributed by atoms with Gasteiger partial charge in [0.25, 0.3) is 0 Å². The van der Waals surface area contributed by atoms with E-state index in [1.165, 1.54) is 36.8 Å². The predicted molar refractivity (Wildman–Crippen MR) is 102 cm³/mol. The van der Waals surface area contributed by atoms with Crippen LogP contribution in [0.2, 0.25) is 0 Å². The summed E-state index contributed by atoms with van der Waals surface area (Å²) < 4.78 is 0.504. The van der Waals surface area contributed by atoms with Crippen molar-refractivity contribution in [1.82, 2.24) is 0 Å². The third-order valence-electron chi connectivity index (χ3n) is 5.81. The van der Waals surface area contributed by atoms with E-state index in [2.05, 4.69) is 70.8 Å². The van der Waals surface area contributed by atoms with Gasteiger partial charge in [0.1, 0.15) is 0 Å². The van der Waals surface area contributed by atoms with Crippen LogP contribution in [-0.2, 0) is 5.75 Å². The summed E-state index contributed by atoms with van der Waals surface area (Å²) in [4.78, 5) is 1.64. The summed E-state index contributed by atoms with van der Waals surface area (Å²) in [5.74, 6) is 2.83. The monoisotopic (exact) mass is 418 g/mol. The fraction of sp³-hybridized carbons (Fsp3) is 0.400. The molecular weight excluding hydrogens is 399 g/mol. The van der Waals surface area contributed by atoms with Gasteiger partial charge in [-0.25, -0.2) is 0 Å². The van der Waals surface area contributed by atoms with Crippen molar-refractivity contribution in [3.8, 4) is 0 Å². The van der Waals surface area contributed by atoms with Crippen LogP contribution >= 0.6 is 34.4 Å². The van der Waals surface area contributed by atoms with Crippen molar-refractivity contribution in [2.24, 2.45) is 0 Å². The van der Waals surface area contributed by atoms with E-state index >= 15 is 0 Å². The lowest BCUT2D eigenvalue weighted by Gasteiger charge is -2.40. The van der Waals surface area contributed by atoms with Gasteiger partial charge in [-0.15, -0.1) is 11.8 Å². The van der Waals surface area contributed by atoms with E-state index in [1.807, 2.05) is 0 Å². The highest BCUT2D eigenvalue weighted by Gasteiger charge is 2.36. The molecule has 0 spiro atoms. The van der Waals surface area contributed by atoms with Crippen LogP contribution in [0.3, 0.4) is 0 Å². The zero-order chi connectivity index (χ0) is 14.7. The van der Waals surface area contributed by atoms with E-state index in [4.69, 9.17) is 0 Å². The first-order valence-electron chi connectivity index (χ1n) is 8.34. The van der Waals surface area contributed by atoms with Crippen molar-refractivity contribution in [2.45, 2.75) is 52.1 Å². The molecule has 2 aromatic rings. The SMILES string of the molecule is IC1c2ccccc2CSc2c1ccc1c2C2CCC1CC2. The second kappa shape index (κ2) is 5.27. The lowest BCUT2D eigenvalue weighted by atomic mass is 9.66. The lowest BCUT2D eigenvalue weighted by Crippen LogP contribution is -2.23. The molecule has 22 heavy (non-hydrogen) atoms. The molecule has 1 unspecified atom stereocenters. The van der Waals surface area contributed by atoms with Crippen LogP contribution in [0, 0.1) is 0 Å². The van der Waals surface area contributed by atoms with E-state index in [1.54, 1.807) is 21.6 Å². The highest BCUT2D eigenvalue weighted by Crippen LogP contribution is 2.55. The van der Waals surface area contributed by atoms with Crippen LogP contribution in [0.5, 0.6) is 0 Å². The number of thioether (sulfide) groups is 1. The quantitative estimate of drug-likeness (QED) is 0.344. The molecule has 0 aromatic heterocycles. The lowest BCUT2D eigenvalue weighted by molar-refractivity contribution is 0.353. The predicted octanol–water partition coefficient (Wildman–Crippen LogP) is 6.57. The van der Waals surface area contributed by atoms with Gasteiger partial charge >= 0.3 is 0 Å². The summed E-state index contributed by atoms with van der Waals surface area (Å²) >= 11 is 4.76. The van der Waals surface area contributed by atoms with Crippen molar-refractivity contribution in [3.63, 3.8) is 0 Å². The molecule has 6 rings (SSSR count). The maximum absolute atomic E-state index is 2.66. The molecule has 1 atom stereocenters. The van der Waals surface area contributed by atoms with Crippen LogP contribution in [0.15, 0.2) is 41.3 Å². The molecule has 112 valence electrons. The minimum atomic E-state index is 0.504. The zero-order valence-electron chi connectivity index (χ0n) is 12.5. The molecule has 2 heteroatoms. The molecular formula is C20H19IS. The number of halogens is 1. The first-order valence-corrected chi connectivity index (χ1v) is 10.6. The van der Waals surface area contributed by atoms with Crippen LogP contribution in [0.1, 0.15) is 69.3 Å². The number of fused-ring (bicyclic) bond motifs is 4. The first-order chi connectivity index (χ1) is 10.8. The molecule has 2 bridgehead atoms. The maximum atomic E-state index is 2.66. The zero-order valence-corrected chi connectivity index (χ0v) is 15.5. The van der Waals surface area contributed by atoms with Crippen molar-refractivity contribution in [1.29, 1.82) is 0 Å². The molecule has 1 fully saturated rings. The van der Waals surface area contributed by atoms with Gasteiger partial charge in [0.2, 0.25) is 0 Å². The average Bonchev–Trinajstić information content (AvgIpc) is 2.74. The highest BCUT2D eigenvalue weighted by molar-refractivity contribution is 14.1. The van der Waals surface area contributed by atoms with Crippen molar-refractivity contribution >= 4 is 34.4 Å². The number of hydrogen-bond donors (Lipinski definition) is 0. The summed E-state index contributed by atoms with van der Waals surface area (Å²) in [5.41, 5.74) is 8.07. The highest BCUT2D eigenvalue weighted by atomic mass is 127. The van der Waals surface area contributed by atoms with Crippen LogP contribution in [0.25, 0.3) is 0 Å². The Hall–Kier alpha value is -0.480. The van der Waals surface area contributed by atoms with Gasteiger partial charge < -0.3 is 0 Å². The van der Waals surface area contributed by atoms with Gasteiger partial charge in [0.15, 0.2) is 0 Å². The minimum Gasteiger partial charge on any atom is -0.121 e. The third-order valence-corrected chi connectivity index (χ3v) is 8.35. The Kier molecular flexibility index (Phi) is 3.33. The largest absolute Gasteiger partial charge is 0.121 e. The molecule has 0 saturated heterocycles. The van der Waals surface area contributed by atoms with Gasteiger partial charge in [-0.1, -0.05) is 59.0 Å². The molecule has 0 nitrogen and oxygen atoms in total. The van der Waals surface area contributed by atoms with Crippen molar-refractivity contribution in [2.75, 3.05) is 0 Å². The number of benzene rings is 2. The molecule has 0 amide bonds. The Balaban J connectivity index is 1.72. The average molecular weight is 418 g/mol. The first kappa shape index (κ1) is 13.9. The van der Waals surface area contributed by atoms with E-state index in [0.717, 1.165) is 17.6 Å². The van der Waals surface area contributed by atoms with E-state index in [9.17, 15) is 0 Å². The van der Waals surface area contributed by atoms with Crippen LogP contribution in [0.4, 0.5) is 0 Å². The van der Waals surface area contributed by atoms with Gasteiger partial charge in [-0.05, 0) is 65.3 Å². The summed E-state index contributed by atoms with van der Waals surface area (Å²) in [6, 6.07) is 14.0. The second-order valence-electron chi connectivity index (χ2n) is 6.89. The Bertz CT molecular complexity index is 743. The minimum absolute atomic E-state index is 0.504. The maximum Gasteiger partial charge on any atom is 0.0622 e. The van der Waals surface area contributed by atoms with E-state index in [-0.39, 0.29) is 0 Å². The Morgan fingerprint density at radius 3 is 2.41 bits per heavy atom. The summed E-state index contributed by atoms with van der Waals surface area (Å²) in [7, 11) is 0. The molecule has 1 heterocycles. The number of rotatable bonds is 0. The van der Waals surface area contributed by atoms with Crippen LogP contribution < -0.4 is 0 Å². The molecule has 2 aromatic carbocycles. The molecule has 0 N–H and O–H groups in total. The van der Waals surface area contributed by atoms with Gasteiger partial charge in [-0.3, -0.25) is 0 Å². The molecule has 4 aliphatic rings. The number of hydrogen-bond acceptors (Lipinski definition) is 1. The number of alkyl halides is 1. The summed E-state index contributed by atoms with van der Waals surface area (Å²) in [6.07, 6.45) is 5.70. The smallest absolute Gasteiger partial charge is 0.0622 e. The van der Waals surface area contributed by atoms with Crippen molar-refractivity contribution in [3.05, 3.63) is 64.2 Å². The Labute approximate surface area is 150 Å². The van der Waals surface area contributed by atoms with Crippen molar-refractivity contribution < 1.29 is 0 Å². The Morgan fingerprint density at radius 2 is 1.55 bits per heavy atom. The van der Waals surface area contributed by atoms with Gasteiger partial charge in [0, 0.05) is 10.6 Å². The van der Waals surface area contributed by atoms with Gasteiger partial charge in [0.05, 0.1) is 3.92 Å². The summed E-state index contributed by atoms with van der Waals surface area (Å²) in [5, 5.41) is 0. The molecule has 3 aliphatic carbocycles. The second-order valence-corrected chi connectivity index (χ2v) is 9.12. The van der Waals surface area contributed by atoms with E-state index < -0.39 is 0 Å². The van der Waals surface area contributed by atoms with E-state index in [0.29, 0.717) is 3.92 Å². The van der Waals surface area contributed by atoms with Crippen LogP contribution in [-0.4, -0.2) is 0 Å². The topological polar surface area (TPSA) is 0 Å². The standard InChI is InChI=1S/C20H19IS/c21-19-16-4-2-1-3-14(16)11-22-20-17(19)10-9-15-12-5-7-13(8-6-12)18(15)20/h1-4,9-10,12-13,19H,5-8,11H2. The normalized spacial score (nSPS) is 28.5. The fourth-order valence-corrected chi connectivity index (χ4v) is 7.39. The molecule has 0 radical (unpaired) electrons. The fourth-order valence-electron chi connectivity index (χ4n) is 4.69. The van der Waals surface area contributed by atoms with Gasteiger partial charge in [-0.2, -0.15) is 0 Å². The third kappa shape index (κ3) is 1.96. The summed E-state index contributed by atoms with van der Waals surface area (Å²) in [6.45, 7) is 0. The molecule has 1 saturated carbocycles. The molecule has 1 aliphatic heterocycles. The Morgan fingerprint density at radius 1 is 0.818 bits per heavy atom.